The van der Waals surface area contributed by atoms with Crippen molar-refractivity contribution in [1.82, 2.24) is 14.9 Å². The summed E-state index contributed by atoms with van der Waals surface area (Å²) in [6, 6.07) is 17.9. The van der Waals surface area contributed by atoms with Crippen LogP contribution in [0.5, 0.6) is 0 Å². The van der Waals surface area contributed by atoms with Crippen molar-refractivity contribution in [3.63, 3.8) is 0 Å². The van der Waals surface area contributed by atoms with E-state index < -0.39 is 0 Å². The van der Waals surface area contributed by atoms with Crippen molar-refractivity contribution in [1.29, 1.82) is 0 Å². The van der Waals surface area contributed by atoms with Crippen LogP contribution in [0.3, 0.4) is 0 Å². The van der Waals surface area contributed by atoms with Gasteiger partial charge in [-0.25, -0.2) is 14.4 Å². The predicted octanol–water partition coefficient (Wildman–Crippen LogP) is 4.59. The van der Waals surface area contributed by atoms with Crippen molar-refractivity contribution < 1.29 is 13.9 Å². The molecule has 0 radical (unpaired) electrons. The summed E-state index contributed by atoms with van der Waals surface area (Å²) in [5, 5.41) is 3.22. The van der Waals surface area contributed by atoms with Crippen LogP contribution in [0.4, 0.5) is 16.0 Å². The molecule has 3 aromatic rings. The van der Waals surface area contributed by atoms with Gasteiger partial charge in [0.25, 0.3) is 0 Å². The second kappa shape index (κ2) is 10.3. The van der Waals surface area contributed by atoms with Crippen LogP contribution in [0.15, 0.2) is 60.7 Å². The smallest absolute Gasteiger partial charge is 0.222 e. The summed E-state index contributed by atoms with van der Waals surface area (Å²) in [5.74, 6) is 1.29. The molecule has 1 atom stereocenters. The zero-order chi connectivity index (χ0) is 22.3. The van der Waals surface area contributed by atoms with Gasteiger partial charge in [0.15, 0.2) is 0 Å². The maximum Gasteiger partial charge on any atom is 0.222 e. The molecule has 7 heteroatoms. The number of rotatable bonds is 7. The highest BCUT2D eigenvalue weighted by Gasteiger charge is 2.26. The van der Waals surface area contributed by atoms with E-state index in [1.165, 1.54) is 12.1 Å². The third kappa shape index (κ3) is 5.88. The Morgan fingerprint density at radius 3 is 2.62 bits per heavy atom. The number of pyridine rings is 2. The maximum absolute atomic E-state index is 13.0. The Balaban J connectivity index is 1.33. The lowest BCUT2D eigenvalue weighted by molar-refractivity contribution is -0.139. The van der Waals surface area contributed by atoms with Gasteiger partial charge >= 0.3 is 0 Å². The van der Waals surface area contributed by atoms with Crippen molar-refractivity contribution in [2.45, 2.75) is 32.3 Å². The number of morpholine rings is 1. The Bertz CT molecular complexity index is 1060. The molecule has 1 aliphatic heterocycles. The number of nitrogens with one attached hydrogen (secondary N) is 1. The van der Waals surface area contributed by atoms with E-state index in [1.54, 1.807) is 12.1 Å². The van der Waals surface area contributed by atoms with Crippen LogP contribution in [0.1, 0.15) is 35.9 Å². The fourth-order valence-electron chi connectivity index (χ4n) is 3.75. The van der Waals surface area contributed by atoms with Crippen molar-refractivity contribution in [2.24, 2.45) is 0 Å². The van der Waals surface area contributed by atoms with Crippen LogP contribution in [0.25, 0.3) is 0 Å². The highest BCUT2D eigenvalue weighted by atomic mass is 19.1. The first kappa shape index (κ1) is 21.9. The normalized spacial score (nSPS) is 16.1. The number of halogens is 1. The van der Waals surface area contributed by atoms with Gasteiger partial charge in [-0.1, -0.05) is 24.3 Å². The maximum atomic E-state index is 13.0. The summed E-state index contributed by atoms with van der Waals surface area (Å²) < 4.78 is 18.9. The van der Waals surface area contributed by atoms with Gasteiger partial charge in [0.2, 0.25) is 5.91 Å². The Kier molecular flexibility index (Phi) is 7.07. The second-order valence-electron chi connectivity index (χ2n) is 7.92. The lowest BCUT2D eigenvalue weighted by Crippen LogP contribution is -2.42. The molecule has 1 amide bonds. The number of benzene rings is 1. The number of amides is 1. The van der Waals surface area contributed by atoms with Crippen LogP contribution in [0.2, 0.25) is 0 Å². The largest absolute Gasteiger partial charge is 0.368 e. The molecule has 32 heavy (non-hydrogen) atoms. The molecule has 2 aromatic heterocycles. The molecular weight excluding hydrogens is 407 g/mol. The van der Waals surface area contributed by atoms with E-state index in [4.69, 9.17) is 4.74 Å². The predicted molar refractivity (Wildman–Crippen MR) is 121 cm³/mol. The lowest BCUT2D eigenvalue weighted by atomic mass is 10.1. The highest BCUT2D eigenvalue weighted by molar-refractivity contribution is 5.76. The van der Waals surface area contributed by atoms with E-state index in [1.807, 2.05) is 48.2 Å². The molecule has 0 aliphatic carbocycles. The Labute approximate surface area is 187 Å². The molecule has 1 N–H and O–H groups in total. The zero-order valence-electron chi connectivity index (χ0n) is 18.1. The molecule has 6 nitrogen and oxygen atoms in total. The Hall–Kier alpha value is -3.32. The minimum absolute atomic E-state index is 0.110. The van der Waals surface area contributed by atoms with E-state index in [9.17, 15) is 9.18 Å². The van der Waals surface area contributed by atoms with E-state index in [-0.39, 0.29) is 17.8 Å². The first-order valence-corrected chi connectivity index (χ1v) is 10.9. The van der Waals surface area contributed by atoms with Crippen LogP contribution in [-0.4, -0.2) is 40.5 Å². The number of nitrogens with zero attached hydrogens (tertiary/aromatic N) is 3. The number of ether oxygens (including phenoxy) is 1. The summed E-state index contributed by atoms with van der Waals surface area (Å²) in [7, 11) is 0. The summed E-state index contributed by atoms with van der Waals surface area (Å²) in [6.45, 7) is 3.48. The monoisotopic (exact) mass is 434 g/mol. The third-order valence-corrected chi connectivity index (χ3v) is 5.43. The first-order chi connectivity index (χ1) is 15.6. The topological polar surface area (TPSA) is 67.4 Å². The number of hydrogen-bond donors (Lipinski definition) is 1. The molecule has 166 valence electrons. The third-order valence-electron chi connectivity index (χ3n) is 5.43. The molecular formula is C25H27FN4O2. The van der Waals surface area contributed by atoms with Crippen LogP contribution < -0.4 is 5.32 Å². The lowest BCUT2D eigenvalue weighted by Gasteiger charge is -2.33. The average molecular weight is 435 g/mol. The number of aryl methyl sites for hydroxylation is 2. The highest BCUT2D eigenvalue weighted by Crippen LogP contribution is 2.23. The van der Waals surface area contributed by atoms with Crippen LogP contribution in [-0.2, 0) is 16.0 Å². The number of anilines is 2. The number of carbonyl (C=O) groups is 1. The van der Waals surface area contributed by atoms with Gasteiger partial charge in [-0.15, -0.1) is 0 Å². The van der Waals surface area contributed by atoms with E-state index in [0.29, 0.717) is 31.9 Å². The van der Waals surface area contributed by atoms with Gasteiger partial charge < -0.3 is 15.0 Å². The minimum Gasteiger partial charge on any atom is -0.368 e. The summed E-state index contributed by atoms with van der Waals surface area (Å²) in [5.41, 5.74) is 2.75. The molecule has 0 unspecified atom stereocenters. The Morgan fingerprint density at radius 1 is 1.09 bits per heavy atom. The van der Waals surface area contributed by atoms with Gasteiger partial charge in [0.05, 0.1) is 18.8 Å². The summed E-state index contributed by atoms with van der Waals surface area (Å²) >= 11 is 0. The number of aromatic nitrogens is 2. The van der Waals surface area contributed by atoms with Crippen molar-refractivity contribution >= 4 is 17.5 Å². The van der Waals surface area contributed by atoms with Crippen molar-refractivity contribution in [2.75, 3.05) is 25.0 Å². The second-order valence-corrected chi connectivity index (χ2v) is 7.92. The minimum atomic E-state index is -0.267. The van der Waals surface area contributed by atoms with E-state index in [0.717, 1.165) is 35.6 Å². The van der Waals surface area contributed by atoms with Crippen molar-refractivity contribution in [3.8, 4) is 0 Å². The first-order valence-electron chi connectivity index (χ1n) is 10.9. The van der Waals surface area contributed by atoms with Gasteiger partial charge in [-0.2, -0.15) is 0 Å². The molecule has 4 rings (SSSR count). The number of carbonyl (C=O) groups excluding carboxylic acids is 1. The molecule has 0 saturated carbocycles. The molecule has 0 bridgehead atoms. The molecule has 1 fully saturated rings. The van der Waals surface area contributed by atoms with Gasteiger partial charge in [0.1, 0.15) is 23.6 Å². The molecule has 3 heterocycles. The molecule has 1 saturated heterocycles. The fourth-order valence-corrected chi connectivity index (χ4v) is 3.75. The fraction of sp³-hybridized carbons (Fsp3) is 0.320. The molecule has 1 aromatic carbocycles. The quantitative estimate of drug-likeness (QED) is 0.589. The summed E-state index contributed by atoms with van der Waals surface area (Å²) in [6.07, 6.45) is 1.67. The molecule has 1 aliphatic rings. The van der Waals surface area contributed by atoms with E-state index >= 15 is 0 Å². The number of hydrogen-bond acceptors (Lipinski definition) is 5. The van der Waals surface area contributed by atoms with E-state index in [2.05, 4.69) is 15.3 Å². The van der Waals surface area contributed by atoms with Crippen LogP contribution >= 0.6 is 0 Å². The SMILES string of the molecule is Cc1cccc(Nc2cccc([C@H]3CN(C(=O)CCCc4ccc(F)cc4)CCO3)n2)n1. The molecule has 0 spiro atoms. The average Bonchev–Trinajstić information content (AvgIpc) is 2.81. The Morgan fingerprint density at radius 2 is 1.84 bits per heavy atom. The summed E-state index contributed by atoms with van der Waals surface area (Å²) in [4.78, 5) is 23.7. The van der Waals surface area contributed by atoms with Crippen LogP contribution in [0, 0.1) is 12.7 Å². The van der Waals surface area contributed by atoms with Gasteiger partial charge in [-0.05, 0) is 61.7 Å². The van der Waals surface area contributed by atoms with Gasteiger partial charge in [0, 0.05) is 18.7 Å². The standard InChI is InChI=1S/C25H27FN4O2/c1-18-5-2-8-23(27-18)29-24-9-4-7-21(28-24)22-17-30(15-16-32-22)25(31)10-3-6-19-11-13-20(26)14-12-19/h2,4-5,7-9,11-14,22H,3,6,10,15-17H2,1H3,(H,27,28,29)/t22-/m1/s1. The van der Waals surface area contributed by atoms with Gasteiger partial charge in [-0.3, -0.25) is 4.79 Å². The zero-order valence-corrected chi connectivity index (χ0v) is 18.1. The van der Waals surface area contributed by atoms with Crippen molar-refractivity contribution in [3.05, 3.63) is 83.4 Å².